The molecule has 8 heteroatoms. The standard InChI is InChI=1S/C28H32N4O4/c1-19-16-31(24-13-23(14-29-15-24)28(34)35-3)17-20(2)32(19)18-26(33)30-10-7-21(8-11-30)25-6-4-5-22-9-12-36-27(22)25/h4-7,9,12-15,19-20H,8,10-11,16-18H2,1-3H3/t19-,20+. The quantitative estimate of drug-likeness (QED) is 0.505. The molecule has 0 N–H and O–H groups in total. The third kappa shape index (κ3) is 4.73. The Bertz CT molecular complexity index is 1290. The Morgan fingerprint density at radius 2 is 1.94 bits per heavy atom. The average Bonchev–Trinajstić information content (AvgIpc) is 3.39. The van der Waals surface area contributed by atoms with Crippen molar-refractivity contribution in [3.8, 4) is 0 Å². The van der Waals surface area contributed by atoms with E-state index in [1.807, 2.05) is 17.0 Å². The molecule has 1 fully saturated rings. The van der Waals surface area contributed by atoms with Crippen molar-refractivity contribution in [2.24, 2.45) is 0 Å². The molecule has 0 spiro atoms. The van der Waals surface area contributed by atoms with E-state index >= 15 is 0 Å². The van der Waals surface area contributed by atoms with Gasteiger partial charge in [-0.25, -0.2) is 4.79 Å². The van der Waals surface area contributed by atoms with Crippen LogP contribution in [-0.4, -0.2) is 78.6 Å². The molecule has 188 valence electrons. The lowest BCUT2D eigenvalue weighted by Crippen LogP contribution is -2.59. The number of carbonyl (C=O) groups excluding carboxylic acids is 2. The first-order valence-corrected chi connectivity index (χ1v) is 12.4. The van der Waals surface area contributed by atoms with Gasteiger partial charge in [0, 0.05) is 55.4 Å². The van der Waals surface area contributed by atoms with Gasteiger partial charge in [-0.3, -0.25) is 14.7 Å². The number of nitrogens with zero attached hydrogens (tertiary/aromatic N) is 4. The number of carbonyl (C=O) groups is 2. The number of pyridine rings is 1. The van der Waals surface area contributed by atoms with Crippen molar-refractivity contribution < 1.29 is 18.7 Å². The summed E-state index contributed by atoms with van der Waals surface area (Å²) in [5, 5.41) is 1.10. The molecule has 36 heavy (non-hydrogen) atoms. The molecule has 3 aromatic rings. The van der Waals surface area contributed by atoms with Gasteiger partial charge in [0.2, 0.25) is 5.91 Å². The second-order valence-corrected chi connectivity index (χ2v) is 9.66. The average molecular weight is 489 g/mol. The van der Waals surface area contributed by atoms with E-state index in [-0.39, 0.29) is 18.0 Å². The number of hydrogen-bond acceptors (Lipinski definition) is 7. The van der Waals surface area contributed by atoms with Crippen molar-refractivity contribution in [2.75, 3.05) is 44.7 Å². The van der Waals surface area contributed by atoms with Gasteiger partial charge >= 0.3 is 5.97 Å². The van der Waals surface area contributed by atoms with Crippen LogP contribution in [-0.2, 0) is 9.53 Å². The second-order valence-electron chi connectivity index (χ2n) is 9.66. The molecular formula is C28H32N4O4. The Morgan fingerprint density at radius 3 is 2.67 bits per heavy atom. The Hall–Kier alpha value is -3.65. The number of fused-ring (bicyclic) bond motifs is 1. The Morgan fingerprint density at radius 1 is 1.14 bits per heavy atom. The largest absolute Gasteiger partial charge is 0.465 e. The van der Waals surface area contributed by atoms with Crippen LogP contribution in [0.2, 0.25) is 0 Å². The van der Waals surface area contributed by atoms with Gasteiger partial charge in [0.1, 0.15) is 5.58 Å². The predicted molar refractivity (Wildman–Crippen MR) is 139 cm³/mol. The number of benzene rings is 1. The van der Waals surface area contributed by atoms with Crippen LogP contribution in [0.1, 0.15) is 36.2 Å². The number of hydrogen-bond donors (Lipinski definition) is 0. The van der Waals surface area contributed by atoms with Crippen molar-refractivity contribution in [2.45, 2.75) is 32.4 Å². The summed E-state index contributed by atoms with van der Waals surface area (Å²) in [6, 6.07) is 10.3. The van der Waals surface area contributed by atoms with Crippen LogP contribution in [0.25, 0.3) is 16.5 Å². The maximum Gasteiger partial charge on any atom is 0.339 e. The highest BCUT2D eigenvalue weighted by molar-refractivity contribution is 5.91. The van der Waals surface area contributed by atoms with Gasteiger partial charge in [0.05, 0.1) is 37.4 Å². The number of methoxy groups -OCH3 is 1. The maximum absolute atomic E-state index is 13.2. The van der Waals surface area contributed by atoms with E-state index < -0.39 is 5.97 Å². The molecule has 2 aromatic heterocycles. The van der Waals surface area contributed by atoms with E-state index in [1.54, 1.807) is 12.5 Å². The first-order chi connectivity index (χ1) is 17.4. The van der Waals surface area contributed by atoms with E-state index in [1.165, 1.54) is 18.9 Å². The minimum atomic E-state index is -0.394. The van der Waals surface area contributed by atoms with Gasteiger partial charge in [0.25, 0.3) is 0 Å². The monoisotopic (exact) mass is 488 g/mol. The second kappa shape index (κ2) is 10.1. The molecule has 2 aliphatic heterocycles. The number of piperazine rings is 1. The van der Waals surface area contributed by atoms with Crippen LogP contribution >= 0.6 is 0 Å². The van der Waals surface area contributed by atoms with Crippen molar-refractivity contribution in [1.82, 2.24) is 14.8 Å². The molecule has 1 aromatic carbocycles. The molecular weight excluding hydrogens is 456 g/mol. The minimum Gasteiger partial charge on any atom is -0.465 e. The highest BCUT2D eigenvalue weighted by Crippen LogP contribution is 2.30. The zero-order valence-electron chi connectivity index (χ0n) is 21.0. The van der Waals surface area contributed by atoms with Gasteiger partial charge < -0.3 is 19.0 Å². The van der Waals surface area contributed by atoms with Crippen LogP contribution in [0.5, 0.6) is 0 Å². The first-order valence-electron chi connectivity index (χ1n) is 12.4. The number of para-hydroxylation sites is 1. The summed E-state index contributed by atoms with van der Waals surface area (Å²) in [6.07, 6.45) is 7.98. The van der Waals surface area contributed by atoms with E-state index in [0.29, 0.717) is 25.2 Å². The molecule has 5 rings (SSSR count). The smallest absolute Gasteiger partial charge is 0.339 e. The van der Waals surface area contributed by atoms with E-state index in [4.69, 9.17) is 9.15 Å². The topological polar surface area (TPSA) is 79.1 Å². The molecule has 2 atom stereocenters. The van der Waals surface area contributed by atoms with Crippen molar-refractivity contribution in [3.05, 3.63) is 66.2 Å². The van der Waals surface area contributed by atoms with Crippen LogP contribution in [0.15, 0.2) is 59.5 Å². The van der Waals surface area contributed by atoms with Crippen LogP contribution in [0.4, 0.5) is 5.69 Å². The number of rotatable bonds is 5. The summed E-state index contributed by atoms with van der Waals surface area (Å²) >= 11 is 0. The minimum absolute atomic E-state index is 0.156. The number of esters is 1. The molecule has 0 radical (unpaired) electrons. The fraction of sp³-hybridized carbons (Fsp3) is 0.393. The van der Waals surface area contributed by atoms with Crippen LogP contribution in [0, 0.1) is 0 Å². The number of amides is 1. The molecule has 1 amide bonds. The van der Waals surface area contributed by atoms with E-state index in [9.17, 15) is 9.59 Å². The van der Waals surface area contributed by atoms with Crippen molar-refractivity contribution >= 4 is 34.1 Å². The van der Waals surface area contributed by atoms with Gasteiger partial charge in [-0.05, 0) is 38.0 Å². The van der Waals surface area contributed by atoms with Crippen LogP contribution < -0.4 is 4.90 Å². The van der Waals surface area contributed by atoms with Gasteiger partial charge in [-0.15, -0.1) is 0 Å². The van der Waals surface area contributed by atoms with Crippen molar-refractivity contribution in [1.29, 1.82) is 0 Å². The molecule has 1 saturated heterocycles. The molecule has 4 heterocycles. The van der Waals surface area contributed by atoms with E-state index in [0.717, 1.165) is 41.7 Å². The highest BCUT2D eigenvalue weighted by atomic mass is 16.5. The third-order valence-corrected chi connectivity index (χ3v) is 7.32. The molecule has 2 aliphatic rings. The Kier molecular flexibility index (Phi) is 6.78. The maximum atomic E-state index is 13.2. The summed E-state index contributed by atoms with van der Waals surface area (Å²) in [5.41, 5.74) is 4.60. The normalized spacial score (nSPS) is 20.9. The van der Waals surface area contributed by atoms with Gasteiger partial charge in [-0.1, -0.05) is 24.3 Å². The zero-order chi connectivity index (χ0) is 25.2. The lowest BCUT2D eigenvalue weighted by atomic mass is 9.98. The zero-order valence-corrected chi connectivity index (χ0v) is 21.0. The molecule has 8 nitrogen and oxygen atoms in total. The Labute approximate surface area is 211 Å². The highest BCUT2D eigenvalue weighted by Gasteiger charge is 2.32. The summed E-state index contributed by atoms with van der Waals surface area (Å²) in [7, 11) is 1.37. The van der Waals surface area contributed by atoms with Gasteiger partial charge in [-0.2, -0.15) is 0 Å². The molecule has 0 unspecified atom stereocenters. The fourth-order valence-corrected chi connectivity index (χ4v) is 5.35. The van der Waals surface area contributed by atoms with Crippen LogP contribution in [0.3, 0.4) is 0 Å². The molecule has 0 aliphatic carbocycles. The first kappa shape index (κ1) is 24.1. The van der Waals surface area contributed by atoms with Crippen molar-refractivity contribution in [3.63, 3.8) is 0 Å². The summed E-state index contributed by atoms with van der Waals surface area (Å²) < 4.78 is 10.5. The fourth-order valence-electron chi connectivity index (χ4n) is 5.35. The summed E-state index contributed by atoms with van der Waals surface area (Å²) in [4.78, 5) is 35.8. The lowest BCUT2D eigenvalue weighted by Gasteiger charge is -2.45. The number of aromatic nitrogens is 1. The lowest BCUT2D eigenvalue weighted by molar-refractivity contribution is -0.133. The van der Waals surface area contributed by atoms with E-state index in [2.05, 4.69) is 52.9 Å². The number of anilines is 1. The number of furan rings is 1. The van der Waals surface area contributed by atoms with Gasteiger partial charge in [0.15, 0.2) is 0 Å². The Balaban J connectivity index is 1.21. The summed E-state index contributed by atoms with van der Waals surface area (Å²) in [5.74, 6) is -0.239. The SMILES string of the molecule is COC(=O)c1cncc(N2C[C@@H](C)N(CC(=O)N3CC=C(c4cccc5ccoc45)CC3)[C@@H](C)C2)c1. The third-order valence-electron chi connectivity index (χ3n) is 7.32. The summed E-state index contributed by atoms with van der Waals surface area (Å²) in [6.45, 7) is 7.50. The molecule has 0 saturated carbocycles. The molecule has 0 bridgehead atoms. The predicted octanol–water partition coefficient (Wildman–Crippen LogP) is 3.83. The number of ether oxygens (including phenoxy) is 1.